The summed E-state index contributed by atoms with van der Waals surface area (Å²) in [7, 11) is 1.53. The van der Waals surface area contributed by atoms with Crippen LogP contribution in [0.5, 0.6) is 11.5 Å². The van der Waals surface area contributed by atoms with Crippen molar-refractivity contribution in [1.29, 1.82) is 0 Å². The molecule has 8 heteroatoms. The molecule has 0 atom stereocenters. The first kappa shape index (κ1) is 23.6. The van der Waals surface area contributed by atoms with Gasteiger partial charge in [0.05, 0.1) is 24.2 Å². The normalized spacial score (nSPS) is 11.5. The molecule has 0 fully saturated rings. The third-order valence-corrected chi connectivity index (χ3v) is 5.69. The minimum absolute atomic E-state index is 0.0124. The van der Waals surface area contributed by atoms with Crippen molar-refractivity contribution in [2.24, 2.45) is 5.10 Å². The van der Waals surface area contributed by atoms with E-state index in [0.29, 0.717) is 39.4 Å². The van der Waals surface area contributed by atoms with Gasteiger partial charge in [0, 0.05) is 16.0 Å². The summed E-state index contributed by atoms with van der Waals surface area (Å²) in [5, 5.41) is 4.92. The smallest absolute Gasteiger partial charge is 0.282 e. The van der Waals surface area contributed by atoms with Crippen molar-refractivity contribution in [3.05, 3.63) is 98.3 Å². The maximum absolute atomic E-state index is 13.9. The second kappa shape index (κ2) is 10.2. The van der Waals surface area contributed by atoms with Crippen LogP contribution in [0.2, 0.25) is 0 Å². The van der Waals surface area contributed by atoms with Crippen molar-refractivity contribution in [1.82, 2.24) is 9.66 Å². The first-order valence-electron chi connectivity index (χ1n) is 10.7. The van der Waals surface area contributed by atoms with Gasteiger partial charge >= 0.3 is 0 Å². The van der Waals surface area contributed by atoms with Gasteiger partial charge in [-0.2, -0.15) is 9.78 Å². The number of fused-ring (bicyclic) bond motifs is 1. The highest BCUT2D eigenvalue weighted by atomic mass is 79.9. The van der Waals surface area contributed by atoms with Crippen molar-refractivity contribution in [2.75, 3.05) is 7.11 Å². The van der Waals surface area contributed by atoms with E-state index in [-0.39, 0.29) is 23.9 Å². The minimum atomic E-state index is -0.326. The largest absolute Gasteiger partial charge is 0.493 e. The monoisotopic (exact) mass is 523 g/mol. The first-order chi connectivity index (χ1) is 16.4. The molecule has 1 aromatic heterocycles. The molecule has 34 heavy (non-hydrogen) atoms. The lowest BCUT2D eigenvalue weighted by atomic mass is 10.2. The molecule has 0 amide bonds. The fraction of sp³-hybridized carbons (Fsp3) is 0.192. The number of aromatic nitrogens is 2. The average Bonchev–Trinajstić information content (AvgIpc) is 2.83. The van der Waals surface area contributed by atoms with E-state index in [1.165, 1.54) is 17.9 Å². The van der Waals surface area contributed by atoms with Crippen LogP contribution in [0.3, 0.4) is 0 Å². The van der Waals surface area contributed by atoms with Gasteiger partial charge < -0.3 is 9.47 Å². The average molecular weight is 524 g/mol. The molecule has 3 aromatic carbocycles. The molecule has 0 radical (unpaired) electrons. The Morgan fingerprint density at radius 3 is 2.65 bits per heavy atom. The van der Waals surface area contributed by atoms with Gasteiger partial charge in [-0.3, -0.25) is 4.79 Å². The molecule has 0 aliphatic heterocycles. The summed E-state index contributed by atoms with van der Waals surface area (Å²) >= 11 is 3.41. The van der Waals surface area contributed by atoms with Crippen LogP contribution in [0.1, 0.15) is 36.7 Å². The number of hydrogen-bond donors (Lipinski definition) is 0. The summed E-state index contributed by atoms with van der Waals surface area (Å²) < 4.78 is 27.2. The highest BCUT2D eigenvalue weighted by Gasteiger charge is 2.14. The van der Waals surface area contributed by atoms with E-state index >= 15 is 0 Å². The predicted molar refractivity (Wildman–Crippen MR) is 135 cm³/mol. The molecule has 0 bridgehead atoms. The third-order valence-electron chi connectivity index (χ3n) is 5.20. The van der Waals surface area contributed by atoms with Crippen LogP contribution in [0.4, 0.5) is 4.39 Å². The number of benzene rings is 3. The van der Waals surface area contributed by atoms with Crippen LogP contribution < -0.4 is 15.0 Å². The summed E-state index contributed by atoms with van der Waals surface area (Å²) in [6.07, 6.45) is 1.57. The topological polar surface area (TPSA) is 65.7 Å². The number of rotatable bonds is 7. The van der Waals surface area contributed by atoms with Gasteiger partial charge in [-0.25, -0.2) is 9.37 Å². The Morgan fingerprint density at radius 2 is 1.91 bits per heavy atom. The zero-order chi connectivity index (χ0) is 24.2. The molecule has 4 aromatic rings. The van der Waals surface area contributed by atoms with Crippen LogP contribution in [0, 0.1) is 5.82 Å². The molecule has 174 valence electrons. The van der Waals surface area contributed by atoms with E-state index in [2.05, 4.69) is 26.0 Å². The molecular formula is C26H23BrFN3O3. The van der Waals surface area contributed by atoms with Gasteiger partial charge in [0.1, 0.15) is 18.2 Å². The van der Waals surface area contributed by atoms with Gasteiger partial charge in [0.2, 0.25) is 0 Å². The van der Waals surface area contributed by atoms with Crippen molar-refractivity contribution in [2.45, 2.75) is 26.4 Å². The lowest BCUT2D eigenvalue weighted by Gasteiger charge is -2.13. The van der Waals surface area contributed by atoms with Gasteiger partial charge in [0.15, 0.2) is 11.5 Å². The van der Waals surface area contributed by atoms with Gasteiger partial charge in [-0.15, -0.1) is 0 Å². The van der Waals surface area contributed by atoms with E-state index < -0.39 is 0 Å². The highest BCUT2D eigenvalue weighted by molar-refractivity contribution is 9.10. The van der Waals surface area contributed by atoms with Crippen LogP contribution in [0.15, 0.2) is 75.0 Å². The van der Waals surface area contributed by atoms with Gasteiger partial charge in [0.25, 0.3) is 5.56 Å². The quantitative estimate of drug-likeness (QED) is 0.283. The van der Waals surface area contributed by atoms with Crippen LogP contribution in [0.25, 0.3) is 10.9 Å². The molecular weight excluding hydrogens is 501 g/mol. The van der Waals surface area contributed by atoms with E-state index in [9.17, 15) is 9.18 Å². The molecule has 0 N–H and O–H groups in total. The number of halogens is 2. The number of ether oxygens (including phenoxy) is 2. The molecule has 0 aliphatic carbocycles. The van der Waals surface area contributed by atoms with Crippen molar-refractivity contribution >= 4 is 33.0 Å². The standard InChI is InChI=1S/C26H23BrFN3O3/c1-16(2)25-30-22-10-9-19(27)13-20(22)26(32)31(25)29-14-17-8-11-23(24(12-17)33-3)34-15-18-6-4-5-7-21(18)28/h4-14,16H,15H2,1-3H3. The molecule has 0 saturated carbocycles. The van der Waals surface area contributed by atoms with Crippen LogP contribution in [-0.2, 0) is 6.61 Å². The highest BCUT2D eigenvalue weighted by Crippen LogP contribution is 2.29. The van der Waals surface area contributed by atoms with E-state index in [1.807, 2.05) is 26.0 Å². The second-order valence-corrected chi connectivity index (χ2v) is 8.85. The van der Waals surface area contributed by atoms with E-state index in [4.69, 9.17) is 9.47 Å². The summed E-state index contributed by atoms with van der Waals surface area (Å²) in [6.45, 7) is 3.99. The molecule has 0 saturated heterocycles. The molecule has 0 aliphatic rings. The van der Waals surface area contributed by atoms with Crippen LogP contribution in [-0.4, -0.2) is 23.0 Å². The maximum atomic E-state index is 13.9. The molecule has 1 heterocycles. The maximum Gasteiger partial charge on any atom is 0.282 e. The lowest BCUT2D eigenvalue weighted by molar-refractivity contribution is 0.279. The minimum Gasteiger partial charge on any atom is -0.493 e. The van der Waals surface area contributed by atoms with Crippen molar-refractivity contribution < 1.29 is 13.9 Å². The number of methoxy groups -OCH3 is 1. The first-order valence-corrected chi connectivity index (χ1v) is 11.5. The summed E-state index contributed by atoms with van der Waals surface area (Å²) in [5.41, 5.74) is 1.53. The van der Waals surface area contributed by atoms with Gasteiger partial charge in [-0.1, -0.05) is 48.0 Å². The van der Waals surface area contributed by atoms with Gasteiger partial charge in [-0.05, 0) is 48.0 Å². The fourth-order valence-corrected chi connectivity index (χ4v) is 3.79. The Morgan fingerprint density at radius 1 is 1.12 bits per heavy atom. The Bertz CT molecular complexity index is 1430. The Kier molecular flexibility index (Phi) is 7.07. The van der Waals surface area contributed by atoms with E-state index in [1.54, 1.807) is 48.7 Å². The molecule has 0 spiro atoms. The Labute approximate surface area is 204 Å². The summed E-state index contributed by atoms with van der Waals surface area (Å²) in [4.78, 5) is 17.8. The fourth-order valence-electron chi connectivity index (χ4n) is 3.43. The van der Waals surface area contributed by atoms with E-state index in [0.717, 1.165) is 4.47 Å². The third kappa shape index (κ3) is 5.02. The zero-order valence-corrected chi connectivity index (χ0v) is 20.5. The lowest BCUT2D eigenvalue weighted by Crippen LogP contribution is -2.23. The van der Waals surface area contributed by atoms with Crippen molar-refractivity contribution in [3.63, 3.8) is 0 Å². The number of hydrogen-bond acceptors (Lipinski definition) is 5. The number of nitrogens with zero attached hydrogens (tertiary/aromatic N) is 3. The summed E-state index contributed by atoms with van der Waals surface area (Å²) in [6, 6.07) is 17.1. The molecule has 4 rings (SSSR count). The Hall–Kier alpha value is -3.52. The SMILES string of the molecule is COc1cc(C=Nn2c(C(C)C)nc3ccc(Br)cc3c2=O)ccc1OCc1ccccc1F. The zero-order valence-electron chi connectivity index (χ0n) is 19.0. The summed E-state index contributed by atoms with van der Waals surface area (Å²) in [5.74, 6) is 1.17. The molecule has 0 unspecified atom stereocenters. The second-order valence-electron chi connectivity index (χ2n) is 7.94. The Balaban J connectivity index is 1.65. The molecule has 6 nitrogen and oxygen atoms in total. The van der Waals surface area contributed by atoms with Crippen molar-refractivity contribution in [3.8, 4) is 11.5 Å². The predicted octanol–water partition coefficient (Wildman–Crippen LogP) is 5.89. The van der Waals surface area contributed by atoms with Crippen LogP contribution >= 0.6 is 15.9 Å².